The van der Waals surface area contributed by atoms with Crippen molar-refractivity contribution in [3.05, 3.63) is 18.0 Å². The molecule has 1 heterocycles. The molecule has 9 heteroatoms. The van der Waals surface area contributed by atoms with Gasteiger partial charge in [-0.1, -0.05) is 0 Å². The summed E-state index contributed by atoms with van der Waals surface area (Å²) in [4.78, 5) is 13.1. The zero-order valence-electron chi connectivity index (χ0n) is 6.34. The molecule has 0 atom stereocenters. The molecule has 1 aromatic heterocycles. The van der Waals surface area contributed by atoms with E-state index in [0.717, 1.165) is 4.79 Å². The summed E-state index contributed by atoms with van der Waals surface area (Å²) in [5.41, 5.74) is 4.81. The van der Waals surface area contributed by atoms with Gasteiger partial charge in [-0.2, -0.15) is 18.0 Å². The summed E-state index contributed by atoms with van der Waals surface area (Å²) in [6, 6.07) is 1.25. The van der Waals surface area contributed by atoms with Crippen LogP contribution in [0, 0.1) is 0 Å². The average molecular weight is 205 g/mol. The first-order chi connectivity index (χ1) is 5.88. The number of carbonyl (C=O) groups excluding carboxylic acids is 1. The van der Waals surface area contributed by atoms with E-state index in [9.17, 15) is 13.2 Å². The molecule has 0 aliphatic rings. The highest BCUT2D eigenvalue weighted by Crippen LogP contribution is 1.91. The summed E-state index contributed by atoms with van der Waals surface area (Å²) < 4.78 is 20.9. The second-order valence-electron chi connectivity index (χ2n) is 2.15. The highest BCUT2D eigenvalue weighted by atomic mass is 32.2. The van der Waals surface area contributed by atoms with Crippen LogP contribution in [0.2, 0.25) is 0 Å². The maximum absolute atomic E-state index is 10.5. The molecule has 0 aliphatic heterocycles. The number of hydrogen-bond acceptors (Lipinski definition) is 4. The van der Waals surface area contributed by atoms with E-state index in [1.54, 1.807) is 4.83 Å². The second-order valence-corrected chi connectivity index (χ2v) is 3.42. The number of hydrogen-bond donors (Lipinski definition) is 3. The number of amides is 1. The number of nitrogens with one attached hydrogen (secondary N) is 1. The van der Waals surface area contributed by atoms with Crippen LogP contribution in [-0.2, 0) is 10.2 Å². The van der Waals surface area contributed by atoms with E-state index in [-0.39, 0.29) is 5.69 Å². The summed E-state index contributed by atoms with van der Waals surface area (Å²) in [6.45, 7) is 0. The average Bonchev–Trinajstić information content (AvgIpc) is 2.31. The van der Waals surface area contributed by atoms with Gasteiger partial charge in [0.2, 0.25) is 0 Å². The van der Waals surface area contributed by atoms with Crippen LogP contribution in [0.15, 0.2) is 12.3 Å². The topological polar surface area (TPSA) is 133 Å². The molecule has 0 aliphatic carbocycles. The Balaban J connectivity index is 2.87. The predicted octanol–water partition coefficient (Wildman–Crippen LogP) is -2.27. The quantitative estimate of drug-likeness (QED) is 0.513. The monoisotopic (exact) mass is 205 g/mol. The number of aromatic nitrogens is 2. The van der Waals surface area contributed by atoms with Crippen molar-refractivity contribution in [2.75, 3.05) is 4.83 Å². The van der Waals surface area contributed by atoms with E-state index >= 15 is 0 Å². The maximum Gasteiger partial charge on any atom is 0.311 e. The van der Waals surface area contributed by atoms with Crippen molar-refractivity contribution in [1.82, 2.24) is 9.89 Å². The Hall–Kier alpha value is -1.61. The minimum Gasteiger partial charge on any atom is -0.364 e. The van der Waals surface area contributed by atoms with E-state index in [1.165, 1.54) is 12.3 Å². The van der Waals surface area contributed by atoms with Crippen molar-refractivity contribution < 1.29 is 13.2 Å². The standard InChI is InChI=1S/C4H7N5O3S/c5-4(10)3-1-2-9(7-3)8-13(6,11)12/h1-2,8H,(H2,5,10)(H2,6,11,12). The fourth-order valence-electron chi connectivity index (χ4n) is 0.637. The number of carbonyl (C=O) groups is 1. The first-order valence-electron chi connectivity index (χ1n) is 3.04. The van der Waals surface area contributed by atoms with Gasteiger partial charge in [-0.3, -0.25) is 4.79 Å². The lowest BCUT2D eigenvalue weighted by molar-refractivity contribution is 0.0995. The SMILES string of the molecule is NC(=O)c1ccn(NS(N)(=O)=O)n1. The van der Waals surface area contributed by atoms with Crippen LogP contribution < -0.4 is 15.7 Å². The van der Waals surface area contributed by atoms with Crippen LogP contribution in [0.3, 0.4) is 0 Å². The highest BCUT2D eigenvalue weighted by molar-refractivity contribution is 7.90. The van der Waals surface area contributed by atoms with Gasteiger partial charge in [-0.15, -0.1) is 5.10 Å². The van der Waals surface area contributed by atoms with Gasteiger partial charge in [0, 0.05) is 0 Å². The molecule has 72 valence electrons. The number of primary amides is 1. The van der Waals surface area contributed by atoms with Crippen molar-refractivity contribution in [2.24, 2.45) is 10.9 Å². The lowest BCUT2D eigenvalue weighted by Crippen LogP contribution is -2.30. The van der Waals surface area contributed by atoms with E-state index in [1.807, 2.05) is 0 Å². The minimum atomic E-state index is -3.89. The van der Waals surface area contributed by atoms with E-state index in [4.69, 9.17) is 5.73 Å². The predicted molar refractivity (Wildman–Crippen MR) is 43.2 cm³/mol. The third kappa shape index (κ3) is 2.72. The Morgan fingerprint density at radius 2 is 2.23 bits per heavy atom. The summed E-state index contributed by atoms with van der Waals surface area (Å²) in [5, 5.41) is 8.10. The highest BCUT2D eigenvalue weighted by Gasteiger charge is 2.06. The Labute approximate surface area is 73.7 Å². The van der Waals surface area contributed by atoms with Gasteiger partial charge in [0.05, 0.1) is 6.20 Å². The van der Waals surface area contributed by atoms with Crippen LogP contribution in [0.25, 0.3) is 0 Å². The molecule has 5 N–H and O–H groups in total. The van der Waals surface area contributed by atoms with Crippen LogP contribution in [0.4, 0.5) is 0 Å². The Bertz CT molecular complexity index is 421. The van der Waals surface area contributed by atoms with Crippen LogP contribution in [-0.4, -0.2) is 24.2 Å². The molecule has 1 amide bonds. The number of nitrogens with zero attached hydrogens (tertiary/aromatic N) is 2. The van der Waals surface area contributed by atoms with Crippen LogP contribution in [0.1, 0.15) is 10.5 Å². The molecular weight excluding hydrogens is 198 g/mol. The summed E-state index contributed by atoms with van der Waals surface area (Å²) in [6.07, 6.45) is 1.20. The number of rotatable bonds is 3. The van der Waals surface area contributed by atoms with Crippen LogP contribution >= 0.6 is 0 Å². The smallest absolute Gasteiger partial charge is 0.311 e. The summed E-state index contributed by atoms with van der Waals surface area (Å²) >= 11 is 0. The summed E-state index contributed by atoms with van der Waals surface area (Å²) in [5.74, 6) is -0.755. The third-order valence-electron chi connectivity index (χ3n) is 1.06. The molecule has 0 saturated heterocycles. The molecule has 0 radical (unpaired) electrons. The molecule has 8 nitrogen and oxygen atoms in total. The Morgan fingerprint density at radius 1 is 1.62 bits per heavy atom. The van der Waals surface area contributed by atoms with E-state index < -0.39 is 16.1 Å². The first-order valence-corrected chi connectivity index (χ1v) is 4.59. The molecule has 1 aromatic rings. The lowest BCUT2D eigenvalue weighted by Gasteiger charge is -2.00. The minimum absolute atomic E-state index is 0.0591. The zero-order chi connectivity index (χ0) is 10.1. The first kappa shape index (κ1) is 9.48. The molecule has 0 spiro atoms. The van der Waals surface area contributed by atoms with Gasteiger partial charge >= 0.3 is 10.2 Å². The van der Waals surface area contributed by atoms with Gasteiger partial charge in [-0.25, -0.2) is 5.14 Å². The Kier molecular flexibility index (Phi) is 2.21. The van der Waals surface area contributed by atoms with Gasteiger partial charge in [0.1, 0.15) is 0 Å². The normalized spacial score (nSPS) is 11.2. The van der Waals surface area contributed by atoms with Gasteiger partial charge in [0.25, 0.3) is 5.91 Å². The van der Waals surface area contributed by atoms with E-state index in [2.05, 4.69) is 10.2 Å². The molecule has 0 unspecified atom stereocenters. The third-order valence-corrected chi connectivity index (χ3v) is 1.50. The fourth-order valence-corrected chi connectivity index (χ4v) is 0.999. The number of nitrogens with two attached hydrogens (primary N) is 2. The zero-order valence-corrected chi connectivity index (χ0v) is 7.15. The van der Waals surface area contributed by atoms with Crippen molar-refractivity contribution in [3.63, 3.8) is 0 Å². The molecular formula is C4H7N5O3S. The second kappa shape index (κ2) is 3.03. The van der Waals surface area contributed by atoms with Crippen LogP contribution in [0.5, 0.6) is 0 Å². The lowest BCUT2D eigenvalue weighted by atomic mass is 10.4. The molecule has 0 bridgehead atoms. The molecule has 0 saturated carbocycles. The van der Waals surface area contributed by atoms with Crippen molar-refractivity contribution >= 4 is 16.1 Å². The summed E-state index contributed by atoms with van der Waals surface area (Å²) in [7, 11) is -3.89. The van der Waals surface area contributed by atoms with Gasteiger partial charge in [-0.05, 0) is 6.07 Å². The van der Waals surface area contributed by atoms with E-state index in [0.29, 0.717) is 0 Å². The van der Waals surface area contributed by atoms with Gasteiger partial charge in [0.15, 0.2) is 5.69 Å². The molecule has 13 heavy (non-hydrogen) atoms. The van der Waals surface area contributed by atoms with Crippen molar-refractivity contribution in [2.45, 2.75) is 0 Å². The molecule has 0 aromatic carbocycles. The molecule has 1 rings (SSSR count). The van der Waals surface area contributed by atoms with Gasteiger partial charge < -0.3 is 5.73 Å². The van der Waals surface area contributed by atoms with Crippen molar-refractivity contribution in [1.29, 1.82) is 0 Å². The maximum atomic E-state index is 10.5. The largest absolute Gasteiger partial charge is 0.364 e. The fraction of sp³-hybridized carbons (Fsp3) is 0. The van der Waals surface area contributed by atoms with Crippen molar-refractivity contribution in [3.8, 4) is 0 Å². The Morgan fingerprint density at radius 3 is 2.62 bits per heavy atom. The molecule has 0 fully saturated rings.